The van der Waals surface area contributed by atoms with Crippen LogP contribution in [0.25, 0.3) is 0 Å². The Hall–Kier alpha value is -1.76. The van der Waals surface area contributed by atoms with Gasteiger partial charge in [-0.05, 0) is 36.6 Å². The lowest BCUT2D eigenvalue weighted by molar-refractivity contribution is -0.166. The molecule has 11 heteroatoms. The minimum Gasteiger partial charge on any atom is -0.497 e. The van der Waals surface area contributed by atoms with Crippen LogP contribution < -0.4 is 14.9 Å². The van der Waals surface area contributed by atoms with E-state index >= 15 is 0 Å². The highest BCUT2D eigenvalue weighted by molar-refractivity contribution is 7.89. The Balaban J connectivity index is 2.32. The number of methoxy groups -OCH3 is 2. The molecule has 30 heavy (non-hydrogen) atoms. The van der Waals surface area contributed by atoms with E-state index in [1.807, 2.05) is 13.8 Å². The molecule has 2 rings (SSSR count). The van der Waals surface area contributed by atoms with Gasteiger partial charge in [-0.1, -0.05) is 13.8 Å². The minimum atomic E-state index is -3.95. The lowest BCUT2D eigenvalue weighted by atomic mass is 9.88. The van der Waals surface area contributed by atoms with Gasteiger partial charge < -0.3 is 18.9 Å². The molecule has 170 valence electrons. The highest BCUT2D eigenvalue weighted by Crippen LogP contribution is 2.34. The Morgan fingerprint density at radius 3 is 2.40 bits per heavy atom. The fourth-order valence-electron chi connectivity index (χ4n) is 3.39. The van der Waals surface area contributed by atoms with Gasteiger partial charge in [0.1, 0.15) is 11.9 Å². The van der Waals surface area contributed by atoms with E-state index in [1.165, 1.54) is 26.4 Å². The third kappa shape index (κ3) is 6.13. The number of hydrogen-bond donors (Lipinski definition) is 3. The van der Waals surface area contributed by atoms with Crippen LogP contribution in [0.15, 0.2) is 29.2 Å². The average Bonchev–Trinajstić information content (AvgIpc) is 3.03. The molecule has 1 heterocycles. The van der Waals surface area contributed by atoms with Gasteiger partial charge >= 0.3 is 0 Å². The molecule has 0 bridgehead atoms. The maximum Gasteiger partial charge on any atom is 0.272 e. The molecular formula is C19H30N2O8S. The zero-order valence-electron chi connectivity index (χ0n) is 17.5. The van der Waals surface area contributed by atoms with E-state index in [4.69, 9.17) is 24.2 Å². The van der Waals surface area contributed by atoms with Crippen LogP contribution in [-0.4, -0.2) is 65.4 Å². The van der Waals surface area contributed by atoms with Gasteiger partial charge in [-0.2, -0.15) is 0 Å². The van der Waals surface area contributed by atoms with Gasteiger partial charge in [0.2, 0.25) is 10.0 Å². The van der Waals surface area contributed by atoms with Crippen LogP contribution in [0, 0.1) is 11.8 Å². The number of benzene rings is 1. The second-order valence-corrected chi connectivity index (χ2v) is 9.09. The van der Waals surface area contributed by atoms with Crippen molar-refractivity contribution < 1.29 is 37.4 Å². The molecule has 1 saturated heterocycles. The molecule has 1 aliphatic heterocycles. The number of amides is 1. The van der Waals surface area contributed by atoms with Gasteiger partial charge in [0.25, 0.3) is 5.91 Å². The van der Waals surface area contributed by atoms with Gasteiger partial charge in [-0.15, -0.1) is 0 Å². The van der Waals surface area contributed by atoms with Gasteiger partial charge in [-0.25, -0.2) is 18.6 Å². The predicted molar refractivity (Wildman–Crippen MR) is 106 cm³/mol. The summed E-state index contributed by atoms with van der Waals surface area (Å²) in [6.07, 6.45) is -1.63. The standard InChI is InChI=1S/C19H30N2O8S/c1-12(2)11-15-16(19(28-10-9-26-3)29-17(15)18(22)20-23)21-30(24,25)14-7-5-13(27-4)6-8-14/h5-8,12,15-17,19,21,23H,9-11H2,1-4H3,(H,20,22)/t15-,16-,17-,19-/m0/s1. The van der Waals surface area contributed by atoms with Gasteiger partial charge in [0, 0.05) is 13.0 Å². The number of hydrogen-bond acceptors (Lipinski definition) is 8. The summed E-state index contributed by atoms with van der Waals surface area (Å²) < 4.78 is 50.0. The van der Waals surface area contributed by atoms with Crippen molar-refractivity contribution in [2.45, 2.75) is 43.6 Å². The van der Waals surface area contributed by atoms with Crippen LogP contribution in [0.4, 0.5) is 0 Å². The van der Waals surface area contributed by atoms with Crippen LogP contribution in [0.1, 0.15) is 20.3 Å². The van der Waals surface area contributed by atoms with Crippen LogP contribution in [0.2, 0.25) is 0 Å². The second-order valence-electron chi connectivity index (χ2n) is 7.38. The third-order valence-corrected chi connectivity index (χ3v) is 6.24. The summed E-state index contributed by atoms with van der Waals surface area (Å²) in [7, 11) is -0.953. The number of rotatable bonds is 11. The average molecular weight is 447 g/mol. The summed E-state index contributed by atoms with van der Waals surface area (Å²) in [5.74, 6) is -0.653. The zero-order chi connectivity index (χ0) is 22.3. The number of ether oxygens (including phenoxy) is 4. The zero-order valence-corrected chi connectivity index (χ0v) is 18.3. The van der Waals surface area contributed by atoms with Crippen molar-refractivity contribution in [1.29, 1.82) is 0 Å². The molecule has 0 spiro atoms. The molecule has 1 aromatic carbocycles. The lowest BCUT2D eigenvalue weighted by Crippen LogP contribution is -2.47. The van der Waals surface area contributed by atoms with Gasteiger partial charge in [0.05, 0.1) is 31.3 Å². The van der Waals surface area contributed by atoms with E-state index in [9.17, 15) is 13.2 Å². The van der Waals surface area contributed by atoms with E-state index in [2.05, 4.69) is 4.72 Å². The highest BCUT2D eigenvalue weighted by Gasteiger charge is 2.50. The molecule has 0 saturated carbocycles. The van der Waals surface area contributed by atoms with Gasteiger partial charge in [-0.3, -0.25) is 10.0 Å². The number of hydroxylamine groups is 1. The molecule has 1 aliphatic rings. The number of sulfonamides is 1. The van der Waals surface area contributed by atoms with Crippen LogP contribution >= 0.6 is 0 Å². The molecule has 3 N–H and O–H groups in total. The first-order chi connectivity index (χ1) is 14.2. The molecule has 0 aromatic heterocycles. The summed E-state index contributed by atoms with van der Waals surface area (Å²) in [6, 6.07) is 5.08. The molecular weight excluding hydrogens is 416 g/mol. The molecule has 10 nitrogen and oxygen atoms in total. The summed E-state index contributed by atoms with van der Waals surface area (Å²) >= 11 is 0. The largest absolute Gasteiger partial charge is 0.497 e. The molecule has 0 unspecified atom stereocenters. The molecule has 4 atom stereocenters. The van der Waals surface area contributed by atoms with Crippen LogP contribution in [-0.2, 0) is 29.0 Å². The molecule has 0 aliphatic carbocycles. The van der Waals surface area contributed by atoms with Crippen molar-refractivity contribution >= 4 is 15.9 Å². The summed E-state index contributed by atoms with van der Waals surface area (Å²) in [5, 5.41) is 9.10. The smallest absolute Gasteiger partial charge is 0.272 e. The number of carbonyl (C=O) groups excluding carboxylic acids is 1. The van der Waals surface area contributed by atoms with E-state index in [0.29, 0.717) is 12.2 Å². The normalized spacial score (nSPS) is 24.2. The Morgan fingerprint density at radius 1 is 1.20 bits per heavy atom. The maximum absolute atomic E-state index is 13.0. The van der Waals surface area contributed by atoms with Crippen molar-refractivity contribution in [2.24, 2.45) is 11.8 Å². The highest BCUT2D eigenvalue weighted by atomic mass is 32.2. The number of carbonyl (C=O) groups is 1. The predicted octanol–water partition coefficient (Wildman–Crippen LogP) is 0.898. The molecule has 1 fully saturated rings. The maximum atomic E-state index is 13.0. The van der Waals surface area contributed by atoms with Crippen molar-refractivity contribution in [3.05, 3.63) is 24.3 Å². The Morgan fingerprint density at radius 2 is 1.87 bits per heavy atom. The van der Waals surface area contributed by atoms with E-state index in [0.717, 1.165) is 0 Å². The van der Waals surface area contributed by atoms with Gasteiger partial charge in [0.15, 0.2) is 6.29 Å². The monoisotopic (exact) mass is 446 g/mol. The summed E-state index contributed by atoms with van der Waals surface area (Å²) in [5.41, 5.74) is 1.59. The van der Waals surface area contributed by atoms with E-state index < -0.39 is 40.3 Å². The topological polar surface area (TPSA) is 132 Å². The van der Waals surface area contributed by atoms with Crippen molar-refractivity contribution in [1.82, 2.24) is 10.2 Å². The second kappa shape index (κ2) is 11.0. The SMILES string of the molecule is COCCO[C@H]1O[C@H](C(=O)NO)[C@@H](CC(C)C)[C@@H]1NS(=O)(=O)c1ccc(OC)cc1. The lowest BCUT2D eigenvalue weighted by Gasteiger charge is -2.26. The first-order valence-electron chi connectivity index (χ1n) is 9.59. The Labute approximate surface area is 176 Å². The van der Waals surface area contributed by atoms with Crippen LogP contribution in [0.5, 0.6) is 5.75 Å². The van der Waals surface area contributed by atoms with Crippen molar-refractivity contribution in [3.63, 3.8) is 0 Å². The molecule has 1 amide bonds. The fourth-order valence-corrected chi connectivity index (χ4v) is 4.66. The third-order valence-electron chi connectivity index (χ3n) is 4.77. The van der Waals surface area contributed by atoms with E-state index in [-0.39, 0.29) is 24.0 Å². The van der Waals surface area contributed by atoms with Crippen LogP contribution in [0.3, 0.4) is 0 Å². The minimum absolute atomic E-state index is 0.0392. The summed E-state index contributed by atoms with van der Waals surface area (Å²) in [4.78, 5) is 12.2. The first-order valence-corrected chi connectivity index (χ1v) is 11.1. The Kier molecular flexibility index (Phi) is 9.01. The van der Waals surface area contributed by atoms with Crippen molar-refractivity contribution in [2.75, 3.05) is 27.4 Å². The number of nitrogens with one attached hydrogen (secondary N) is 2. The van der Waals surface area contributed by atoms with E-state index in [1.54, 1.807) is 17.6 Å². The first kappa shape index (κ1) is 24.5. The quantitative estimate of drug-likeness (QED) is 0.259. The summed E-state index contributed by atoms with van der Waals surface area (Å²) in [6.45, 7) is 4.30. The fraction of sp³-hybridized carbons (Fsp3) is 0.632. The molecule has 0 radical (unpaired) electrons. The Bertz CT molecular complexity index is 784. The van der Waals surface area contributed by atoms with Crippen molar-refractivity contribution in [3.8, 4) is 5.75 Å². The molecule has 1 aromatic rings.